The van der Waals surface area contributed by atoms with Crippen LogP contribution >= 0.6 is 0 Å². The quantitative estimate of drug-likeness (QED) is 0.932. The number of carbonyl (C=O) groups excluding carboxylic acids is 1. The Hall–Kier alpha value is -1.76. The van der Waals surface area contributed by atoms with Gasteiger partial charge in [0, 0.05) is 18.6 Å². The second kappa shape index (κ2) is 6.56. The van der Waals surface area contributed by atoms with Crippen molar-refractivity contribution in [3.63, 3.8) is 0 Å². The molecule has 1 aliphatic rings. The van der Waals surface area contributed by atoms with E-state index in [-0.39, 0.29) is 19.6 Å². The lowest BCUT2D eigenvalue weighted by Crippen LogP contribution is -2.57. The Labute approximate surface area is 127 Å². The van der Waals surface area contributed by atoms with Gasteiger partial charge in [0.1, 0.15) is 6.61 Å². The molecule has 1 unspecified atom stereocenters. The monoisotopic (exact) mass is 316 g/mol. The summed E-state index contributed by atoms with van der Waals surface area (Å²) in [6.07, 6.45) is -5.38. The zero-order valence-electron chi connectivity index (χ0n) is 12.1. The van der Waals surface area contributed by atoms with Crippen LogP contribution in [0.25, 0.3) is 0 Å². The highest BCUT2D eigenvalue weighted by molar-refractivity contribution is 5.68. The van der Waals surface area contributed by atoms with E-state index in [9.17, 15) is 18.0 Å². The minimum absolute atomic E-state index is 0.0903. The number of benzene rings is 1. The summed E-state index contributed by atoms with van der Waals surface area (Å²) in [6.45, 7) is 0.317. The molecule has 22 heavy (non-hydrogen) atoms. The summed E-state index contributed by atoms with van der Waals surface area (Å²) in [5, 5.41) is 0. The molecule has 1 amide bonds. The van der Waals surface area contributed by atoms with Gasteiger partial charge in [0.05, 0.1) is 6.42 Å². The summed E-state index contributed by atoms with van der Waals surface area (Å²) in [4.78, 5) is 13.3. The Morgan fingerprint density at radius 2 is 2.00 bits per heavy atom. The summed E-state index contributed by atoms with van der Waals surface area (Å²) in [5.74, 6) is 0. The highest BCUT2D eigenvalue weighted by atomic mass is 19.4. The molecule has 0 radical (unpaired) electrons. The predicted molar refractivity (Wildman–Crippen MR) is 75.0 cm³/mol. The molecule has 0 aliphatic carbocycles. The van der Waals surface area contributed by atoms with E-state index >= 15 is 0 Å². The van der Waals surface area contributed by atoms with E-state index in [1.54, 1.807) is 12.1 Å². The van der Waals surface area contributed by atoms with Crippen LogP contribution in [0.5, 0.6) is 0 Å². The first-order chi connectivity index (χ1) is 10.3. The maximum Gasteiger partial charge on any atom is 0.410 e. The summed E-state index contributed by atoms with van der Waals surface area (Å²) >= 11 is 0. The van der Waals surface area contributed by atoms with E-state index in [1.807, 2.05) is 18.2 Å². The average Bonchev–Trinajstić information content (AvgIpc) is 2.43. The van der Waals surface area contributed by atoms with E-state index < -0.39 is 24.2 Å². The van der Waals surface area contributed by atoms with E-state index in [4.69, 9.17) is 10.5 Å². The van der Waals surface area contributed by atoms with Crippen molar-refractivity contribution in [2.75, 3.05) is 13.1 Å². The number of ether oxygens (including phenoxy) is 1. The van der Waals surface area contributed by atoms with Crippen LogP contribution in [0.2, 0.25) is 0 Å². The highest BCUT2D eigenvalue weighted by Gasteiger charge is 2.43. The Bertz CT molecular complexity index is 507. The number of piperidine rings is 1. The highest BCUT2D eigenvalue weighted by Crippen LogP contribution is 2.32. The number of nitrogens with two attached hydrogens (primary N) is 1. The van der Waals surface area contributed by atoms with E-state index in [2.05, 4.69) is 0 Å². The molecule has 7 heteroatoms. The Morgan fingerprint density at radius 3 is 2.64 bits per heavy atom. The van der Waals surface area contributed by atoms with Crippen LogP contribution in [0.15, 0.2) is 30.3 Å². The molecule has 0 spiro atoms. The maximum absolute atomic E-state index is 12.6. The molecule has 1 aromatic carbocycles. The van der Waals surface area contributed by atoms with Gasteiger partial charge in [-0.15, -0.1) is 0 Å². The minimum Gasteiger partial charge on any atom is -0.445 e. The molecule has 122 valence electrons. The van der Waals surface area contributed by atoms with Gasteiger partial charge in [0.15, 0.2) is 0 Å². The molecule has 1 aromatic rings. The molecule has 0 aromatic heterocycles. The molecule has 1 atom stereocenters. The zero-order valence-corrected chi connectivity index (χ0v) is 12.1. The van der Waals surface area contributed by atoms with Gasteiger partial charge < -0.3 is 15.4 Å². The standard InChI is InChI=1S/C15H19F3N2O2/c16-15(17,18)10-14(19)7-4-8-20(11-14)13(21)22-9-12-5-2-1-3-6-12/h1-3,5-6H,4,7-11,19H2. The van der Waals surface area contributed by atoms with Gasteiger partial charge in [-0.1, -0.05) is 30.3 Å². The van der Waals surface area contributed by atoms with Crippen molar-refractivity contribution in [3.8, 4) is 0 Å². The average molecular weight is 316 g/mol. The van der Waals surface area contributed by atoms with Crippen LogP contribution in [0.1, 0.15) is 24.8 Å². The summed E-state index contributed by atoms with van der Waals surface area (Å²) in [5.41, 5.74) is 5.20. The molecular formula is C15H19F3N2O2. The number of carbonyl (C=O) groups is 1. The van der Waals surface area contributed by atoms with Gasteiger partial charge in [-0.05, 0) is 18.4 Å². The maximum atomic E-state index is 12.6. The number of amides is 1. The van der Waals surface area contributed by atoms with Gasteiger partial charge in [-0.3, -0.25) is 0 Å². The van der Waals surface area contributed by atoms with E-state index in [0.717, 1.165) is 5.56 Å². The fraction of sp³-hybridized carbons (Fsp3) is 0.533. The molecule has 1 heterocycles. The van der Waals surface area contributed by atoms with Crippen molar-refractivity contribution in [1.29, 1.82) is 0 Å². The van der Waals surface area contributed by atoms with E-state index in [0.29, 0.717) is 13.0 Å². The number of nitrogens with zero attached hydrogens (tertiary/aromatic N) is 1. The second-order valence-electron chi connectivity index (χ2n) is 5.72. The molecule has 2 N–H and O–H groups in total. The van der Waals surface area contributed by atoms with Crippen molar-refractivity contribution in [2.24, 2.45) is 5.73 Å². The van der Waals surface area contributed by atoms with Crippen LogP contribution in [0.4, 0.5) is 18.0 Å². The van der Waals surface area contributed by atoms with E-state index in [1.165, 1.54) is 4.90 Å². The third-order valence-corrected chi connectivity index (χ3v) is 3.62. The summed E-state index contributed by atoms with van der Waals surface area (Å²) in [6, 6.07) is 9.09. The van der Waals surface area contributed by atoms with Gasteiger partial charge in [-0.2, -0.15) is 13.2 Å². The first kappa shape index (κ1) is 16.6. The van der Waals surface area contributed by atoms with Crippen molar-refractivity contribution < 1.29 is 22.7 Å². The number of hydrogen-bond donors (Lipinski definition) is 1. The molecule has 0 bridgehead atoms. The minimum atomic E-state index is -4.34. The number of likely N-dealkylation sites (tertiary alicyclic amines) is 1. The zero-order chi connectivity index (χ0) is 16.2. The van der Waals surface area contributed by atoms with Crippen LogP contribution in [0, 0.1) is 0 Å². The summed E-state index contributed by atoms with van der Waals surface area (Å²) < 4.78 is 42.8. The predicted octanol–water partition coefficient (Wildman–Crippen LogP) is 3.07. The van der Waals surface area contributed by atoms with Gasteiger partial charge in [-0.25, -0.2) is 4.79 Å². The van der Waals surface area contributed by atoms with Crippen LogP contribution < -0.4 is 5.73 Å². The van der Waals surface area contributed by atoms with Crippen molar-refractivity contribution >= 4 is 6.09 Å². The molecule has 1 fully saturated rings. The topological polar surface area (TPSA) is 55.6 Å². The third kappa shape index (κ3) is 4.91. The molecule has 4 nitrogen and oxygen atoms in total. The molecule has 1 aliphatic heterocycles. The smallest absolute Gasteiger partial charge is 0.410 e. The lowest BCUT2D eigenvalue weighted by atomic mass is 9.87. The summed E-state index contributed by atoms with van der Waals surface area (Å²) in [7, 11) is 0. The first-order valence-electron chi connectivity index (χ1n) is 7.09. The normalized spacial score (nSPS) is 22.5. The van der Waals surface area contributed by atoms with Crippen LogP contribution in [-0.4, -0.2) is 35.8 Å². The van der Waals surface area contributed by atoms with Gasteiger partial charge in [0.25, 0.3) is 0 Å². The molecule has 1 saturated heterocycles. The lowest BCUT2D eigenvalue weighted by molar-refractivity contribution is -0.151. The van der Waals surface area contributed by atoms with Crippen LogP contribution in [0.3, 0.4) is 0 Å². The number of alkyl halides is 3. The first-order valence-corrected chi connectivity index (χ1v) is 7.09. The third-order valence-electron chi connectivity index (χ3n) is 3.62. The fourth-order valence-electron chi connectivity index (χ4n) is 2.67. The SMILES string of the molecule is NC1(CC(F)(F)F)CCCN(C(=O)OCc2ccccc2)C1. The number of halogens is 3. The number of rotatable bonds is 3. The molecular weight excluding hydrogens is 297 g/mol. The van der Waals surface area contributed by atoms with Crippen molar-refractivity contribution in [3.05, 3.63) is 35.9 Å². The molecule has 0 saturated carbocycles. The van der Waals surface area contributed by atoms with Crippen molar-refractivity contribution in [2.45, 2.75) is 37.6 Å². The fourth-order valence-corrected chi connectivity index (χ4v) is 2.67. The number of hydrogen-bond acceptors (Lipinski definition) is 3. The van der Waals surface area contributed by atoms with Crippen LogP contribution in [-0.2, 0) is 11.3 Å². The van der Waals surface area contributed by atoms with Gasteiger partial charge >= 0.3 is 12.3 Å². The van der Waals surface area contributed by atoms with Gasteiger partial charge in [0.2, 0.25) is 0 Å². The molecule has 2 rings (SSSR count). The largest absolute Gasteiger partial charge is 0.445 e. The van der Waals surface area contributed by atoms with Crippen molar-refractivity contribution in [1.82, 2.24) is 4.90 Å². The Morgan fingerprint density at radius 1 is 1.32 bits per heavy atom. The second-order valence-corrected chi connectivity index (χ2v) is 5.72. The Balaban J connectivity index is 1.90. The Kier molecular flexibility index (Phi) is 4.95. The lowest BCUT2D eigenvalue weighted by Gasteiger charge is -2.40.